The maximum Gasteiger partial charge on any atom is 0.230 e. The summed E-state index contributed by atoms with van der Waals surface area (Å²) in [6, 6.07) is 16.0. The lowest BCUT2D eigenvalue weighted by molar-refractivity contribution is -0.118. The second-order valence-electron chi connectivity index (χ2n) is 5.91. The quantitative estimate of drug-likeness (QED) is 0.483. The van der Waals surface area contributed by atoms with Crippen LogP contribution in [-0.4, -0.2) is 39.9 Å². The molecule has 4 rings (SSSR count). The zero-order valence-electron chi connectivity index (χ0n) is 14.7. The molecule has 1 N–H and O–H groups in total. The van der Waals surface area contributed by atoms with Crippen molar-refractivity contribution in [3.63, 3.8) is 0 Å². The van der Waals surface area contributed by atoms with E-state index < -0.39 is 0 Å². The summed E-state index contributed by atoms with van der Waals surface area (Å²) in [4.78, 5) is 13.0. The van der Waals surface area contributed by atoms with E-state index in [1.165, 1.54) is 11.8 Å². The fourth-order valence-corrected chi connectivity index (χ4v) is 4.57. The average Bonchev–Trinajstić information content (AvgIpc) is 3.26. The third kappa shape index (κ3) is 3.91. The van der Waals surface area contributed by atoms with Crippen LogP contribution in [-0.2, 0) is 11.2 Å². The van der Waals surface area contributed by atoms with Gasteiger partial charge in [-0.2, -0.15) is 0 Å². The fourth-order valence-electron chi connectivity index (χ4n) is 2.77. The maximum absolute atomic E-state index is 12.2. The van der Waals surface area contributed by atoms with Crippen LogP contribution in [0.25, 0.3) is 15.2 Å². The molecule has 0 aliphatic rings. The van der Waals surface area contributed by atoms with Gasteiger partial charge in [-0.1, -0.05) is 47.4 Å². The SMILES string of the molecule is COc1ccc(CCNC(=O)CSc2nnc3sc4ccccc4n23)cc1. The molecule has 27 heavy (non-hydrogen) atoms. The number of thioether (sulfide) groups is 1. The van der Waals surface area contributed by atoms with Crippen LogP contribution in [0.1, 0.15) is 5.56 Å². The Labute approximate surface area is 164 Å². The van der Waals surface area contributed by atoms with Gasteiger partial charge in [0.2, 0.25) is 10.9 Å². The van der Waals surface area contributed by atoms with Gasteiger partial charge in [-0.15, -0.1) is 10.2 Å². The van der Waals surface area contributed by atoms with Crippen molar-refractivity contribution >= 4 is 44.2 Å². The van der Waals surface area contributed by atoms with Crippen molar-refractivity contribution in [1.29, 1.82) is 0 Å². The Morgan fingerprint density at radius 1 is 1.19 bits per heavy atom. The zero-order valence-corrected chi connectivity index (χ0v) is 16.3. The molecule has 0 aliphatic heterocycles. The normalized spacial score (nSPS) is 11.1. The molecule has 0 atom stereocenters. The standard InChI is InChI=1S/C19H18N4O2S2/c1-25-14-8-6-13(7-9-14)10-11-20-17(24)12-26-18-21-22-19-23(18)15-4-2-3-5-16(15)27-19/h2-9H,10-12H2,1H3,(H,20,24). The maximum atomic E-state index is 12.2. The Morgan fingerprint density at radius 3 is 2.81 bits per heavy atom. The van der Waals surface area contributed by atoms with Gasteiger partial charge in [0.05, 0.1) is 23.1 Å². The molecule has 4 aromatic rings. The van der Waals surface area contributed by atoms with Crippen molar-refractivity contribution in [3.8, 4) is 5.75 Å². The number of para-hydroxylation sites is 1. The van der Waals surface area contributed by atoms with Crippen molar-refractivity contribution < 1.29 is 9.53 Å². The number of hydrogen-bond acceptors (Lipinski definition) is 6. The largest absolute Gasteiger partial charge is 0.497 e. The highest BCUT2D eigenvalue weighted by molar-refractivity contribution is 7.99. The molecular formula is C19H18N4O2S2. The molecule has 1 amide bonds. The molecular weight excluding hydrogens is 380 g/mol. The van der Waals surface area contributed by atoms with Gasteiger partial charge in [-0.3, -0.25) is 9.20 Å². The van der Waals surface area contributed by atoms with Crippen LogP contribution in [0.15, 0.2) is 53.7 Å². The van der Waals surface area contributed by atoms with Gasteiger partial charge in [0.1, 0.15) is 5.75 Å². The van der Waals surface area contributed by atoms with E-state index in [4.69, 9.17) is 4.74 Å². The van der Waals surface area contributed by atoms with Crippen LogP contribution in [0, 0.1) is 0 Å². The minimum Gasteiger partial charge on any atom is -0.497 e. The fraction of sp³-hybridized carbons (Fsp3) is 0.211. The molecule has 0 radical (unpaired) electrons. The van der Waals surface area contributed by atoms with Gasteiger partial charge in [0.25, 0.3) is 0 Å². The van der Waals surface area contributed by atoms with Crippen molar-refractivity contribution in [2.45, 2.75) is 11.6 Å². The number of methoxy groups -OCH3 is 1. The average molecular weight is 399 g/mol. The summed E-state index contributed by atoms with van der Waals surface area (Å²) < 4.78 is 8.32. The second-order valence-corrected chi connectivity index (χ2v) is 7.86. The second kappa shape index (κ2) is 7.98. The summed E-state index contributed by atoms with van der Waals surface area (Å²) in [5.74, 6) is 1.14. The predicted octanol–water partition coefficient (Wildman–Crippen LogP) is 3.40. The van der Waals surface area contributed by atoms with Crippen molar-refractivity contribution in [2.24, 2.45) is 0 Å². The van der Waals surface area contributed by atoms with Crippen molar-refractivity contribution in [1.82, 2.24) is 19.9 Å². The smallest absolute Gasteiger partial charge is 0.230 e. The molecule has 0 fully saturated rings. The van der Waals surface area contributed by atoms with E-state index in [0.717, 1.165) is 38.1 Å². The Kier molecular flexibility index (Phi) is 5.26. The van der Waals surface area contributed by atoms with Gasteiger partial charge in [0.15, 0.2) is 5.16 Å². The summed E-state index contributed by atoms with van der Waals surface area (Å²) >= 11 is 3.00. The number of ether oxygens (including phenoxy) is 1. The number of nitrogens with zero attached hydrogens (tertiary/aromatic N) is 3. The molecule has 2 heterocycles. The third-order valence-corrected chi connectivity index (χ3v) is 6.08. The van der Waals surface area contributed by atoms with E-state index >= 15 is 0 Å². The lowest BCUT2D eigenvalue weighted by atomic mass is 10.1. The number of rotatable bonds is 7. The summed E-state index contributed by atoms with van der Waals surface area (Å²) in [7, 11) is 1.65. The first-order chi connectivity index (χ1) is 13.2. The number of carbonyl (C=O) groups excluding carboxylic acids is 1. The zero-order chi connectivity index (χ0) is 18.6. The highest BCUT2D eigenvalue weighted by atomic mass is 32.2. The number of nitrogens with one attached hydrogen (secondary N) is 1. The van der Waals surface area contributed by atoms with E-state index in [-0.39, 0.29) is 5.91 Å². The molecule has 0 aliphatic carbocycles. The number of carbonyl (C=O) groups is 1. The van der Waals surface area contributed by atoms with E-state index in [1.807, 2.05) is 46.9 Å². The summed E-state index contributed by atoms with van der Waals surface area (Å²) in [6.45, 7) is 0.600. The van der Waals surface area contributed by atoms with Crippen LogP contribution in [0.5, 0.6) is 5.75 Å². The number of amides is 1. The highest BCUT2D eigenvalue weighted by Gasteiger charge is 2.13. The molecule has 0 bridgehead atoms. The number of hydrogen-bond donors (Lipinski definition) is 1. The van der Waals surface area contributed by atoms with Crippen molar-refractivity contribution in [2.75, 3.05) is 19.4 Å². The monoisotopic (exact) mass is 398 g/mol. The van der Waals surface area contributed by atoms with Gasteiger partial charge in [-0.25, -0.2) is 0 Å². The van der Waals surface area contributed by atoms with Gasteiger partial charge in [-0.05, 0) is 36.2 Å². The van der Waals surface area contributed by atoms with Crippen LogP contribution < -0.4 is 10.1 Å². The highest BCUT2D eigenvalue weighted by Crippen LogP contribution is 2.29. The minimum absolute atomic E-state index is 0.00945. The van der Waals surface area contributed by atoms with E-state index in [1.54, 1.807) is 18.4 Å². The Balaban J connectivity index is 1.32. The Bertz CT molecular complexity index is 1070. The molecule has 0 unspecified atom stereocenters. The Morgan fingerprint density at radius 2 is 2.00 bits per heavy atom. The molecule has 0 saturated carbocycles. The molecule has 2 aromatic heterocycles. The molecule has 138 valence electrons. The van der Waals surface area contributed by atoms with Crippen LogP contribution in [0.3, 0.4) is 0 Å². The van der Waals surface area contributed by atoms with Gasteiger partial charge < -0.3 is 10.1 Å². The summed E-state index contributed by atoms with van der Waals surface area (Å²) in [5.41, 5.74) is 2.23. The molecule has 8 heteroatoms. The third-order valence-electron chi connectivity index (χ3n) is 4.14. The first-order valence-corrected chi connectivity index (χ1v) is 10.3. The van der Waals surface area contributed by atoms with Crippen LogP contribution in [0.2, 0.25) is 0 Å². The Hall–Kier alpha value is -2.58. The van der Waals surface area contributed by atoms with Gasteiger partial charge in [0, 0.05) is 6.54 Å². The number of fused-ring (bicyclic) bond motifs is 3. The molecule has 2 aromatic carbocycles. The first kappa shape index (κ1) is 17.8. The lowest BCUT2D eigenvalue weighted by Gasteiger charge is -2.06. The molecule has 0 spiro atoms. The van der Waals surface area contributed by atoms with Crippen LogP contribution in [0.4, 0.5) is 0 Å². The molecule has 6 nitrogen and oxygen atoms in total. The lowest BCUT2D eigenvalue weighted by Crippen LogP contribution is -2.27. The van der Waals surface area contributed by atoms with E-state index in [9.17, 15) is 4.79 Å². The number of benzene rings is 2. The minimum atomic E-state index is -0.00945. The number of aromatic nitrogens is 3. The predicted molar refractivity (Wildman–Crippen MR) is 109 cm³/mol. The van der Waals surface area contributed by atoms with E-state index in [0.29, 0.717) is 12.3 Å². The van der Waals surface area contributed by atoms with Crippen molar-refractivity contribution in [3.05, 3.63) is 54.1 Å². The first-order valence-electron chi connectivity index (χ1n) is 8.49. The topological polar surface area (TPSA) is 68.5 Å². The van der Waals surface area contributed by atoms with Crippen LogP contribution >= 0.6 is 23.1 Å². The summed E-state index contributed by atoms with van der Waals surface area (Å²) in [6.07, 6.45) is 0.782. The van der Waals surface area contributed by atoms with Gasteiger partial charge >= 0.3 is 0 Å². The molecule has 0 saturated heterocycles. The summed E-state index contributed by atoms with van der Waals surface area (Å²) in [5, 5.41) is 12.1. The number of thiazole rings is 1. The van der Waals surface area contributed by atoms with E-state index in [2.05, 4.69) is 21.6 Å².